The van der Waals surface area contributed by atoms with Gasteiger partial charge in [-0.1, -0.05) is 39.0 Å². The first-order chi connectivity index (χ1) is 21.4. The highest BCUT2D eigenvalue weighted by atomic mass is 32.1. The summed E-state index contributed by atoms with van der Waals surface area (Å²) in [6.07, 6.45) is 5.28. The second kappa shape index (κ2) is 15.7. The maximum absolute atomic E-state index is 14.2. The van der Waals surface area contributed by atoms with E-state index in [1.165, 1.54) is 0 Å². The summed E-state index contributed by atoms with van der Waals surface area (Å²) >= 11 is 1.11. The third-order valence-electron chi connectivity index (χ3n) is 8.76. The molecule has 46 heavy (non-hydrogen) atoms. The largest absolute Gasteiger partial charge is 0.477 e. The maximum Gasteiger partial charge on any atom is 0.408 e. The molecule has 1 heterocycles. The van der Waals surface area contributed by atoms with Gasteiger partial charge in [-0.05, 0) is 111 Å². The SMILES string of the molecule is CC[C@H](C)[C@H](NC(=O)OC(C)(C)C)C(=O)O[C@H]1CC[C@H](N(c2cc(C#CC(C)(C)C)sc2C(=O)O)C(=O)[C@H]2CC[C@H](C)CC2)CC1. The van der Waals surface area contributed by atoms with Crippen molar-refractivity contribution in [3.8, 4) is 11.8 Å². The number of carboxylic acid groups (broad SMARTS) is 1. The Bertz CT molecular complexity index is 1300. The molecule has 2 atom stereocenters. The molecule has 2 aliphatic carbocycles. The zero-order valence-corrected chi connectivity index (χ0v) is 30.0. The average Bonchev–Trinajstić information content (AvgIpc) is 3.38. The number of thiophene rings is 1. The Labute approximate surface area is 279 Å². The highest BCUT2D eigenvalue weighted by molar-refractivity contribution is 7.15. The van der Waals surface area contributed by atoms with Gasteiger partial charge in [0.2, 0.25) is 5.91 Å². The Hall–Kier alpha value is -3.06. The molecule has 1 aromatic rings. The Morgan fingerprint density at radius 3 is 2.15 bits per heavy atom. The second-order valence-electron chi connectivity index (χ2n) is 15.2. The van der Waals surface area contributed by atoms with E-state index in [-0.39, 0.29) is 40.2 Å². The van der Waals surface area contributed by atoms with Crippen LogP contribution in [0.5, 0.6) is 0 Å². The molecule has 0 saturated heterocycles. The predicted molar refractivity (Wildman–Crippen MR) is 181 cm³/mol. The van der Waals surface area contributed by atoms with Crippen molar-refractivity contribution in [3.05, 3.63) is 15.8 Å². The average molecular weight is 659 g/mol. The molecule has 2 saturated carbocycles. The molecule has 0 unspecified atom stereocenters. The summed E-state index contributed by atoms with van der Waals surface area (Å²) in [7, 11) is 0. The van der Waals surface area contributed by atoms with Gasteiger partial charge in [0.1, 0.15) is 22.6 Å². The molecule has 0 aromatic carbocycles. The van der Waals surface area contributed by atoms with Gasteiger partial charge >= 0.3 is 18.0 Å². The van der Waals surface area contributed by atoms with E-state index < -0.39 is 29.7 Å². The Kier molecular flexibility index (Phi) is 12.8. The molecule has 10 heteroatoms. The van der Waals surface area contributed by atoms with Crippen LogP contribution in [0.2, 0.25) is 0 Å². The van der Waals surface area contributed by atoms with Gasteiger partial charge in [0.05, 0.1) is 10.6 Å². The number of carboxylic acids is 1. The second-order valence-corrected chi connectivity index (χ2v) is 16.2. The topological polar surface area (TPSA) is 122 Å². The highest BCUT2D eigenvalue weighted by Gasteiger charge is 2.39. The molecular weight excluding hydrogens is 604 g/mol. The number of esters is 1. The Morgan fingerprint density at radius 1 is 1.02 bits per heavy atom. The normalized spacial score (nSPS) is 23.2. The summed E-state index contributed by atoms with van der Waals surface area (Å²) in [5.74, 6) is 4.97. The van der Waals surface area contributed by atoms with Crippen molar-refractivity contribution in [3.63, 3.8) is 0 Å². The van der Waals surface area contributed by atoms with Crippen LogP contribution in [-0.4, -0.2) is 52.8 Å². The lowest BCUT2D eigenvalue weighted by Crippen LogP contribution is -2.50. The van der Waals surface area contributed by atoms with Crippen LogP contribution in [0.4, 0.5) is 10.5 Å². The number of nitrogens with zero attached hydrogens (tertiary/aromatic N) is 1. The number of nitrogens with one attached hydrogen (secondary N) is 1. The first-order valence-corrected chi connectivity index (χ1v) is 17.6. The summed E-state index contributed by atoms with van der Waals surface area (Å²) in [5, 5.41) is 12.9. The molecule has 1 aromatic heterocycles. The van der Waals surface area contributed by atoms with Crippen LogP contribution in [0.1, 0.15) is 135 Å². The fourth-order valence-electron chi connectivity index (χ4n) is 5.99. The number of rotatable bonds is 9. The smallest absolute Gasteiger partial charge is 0.408 e. The van der Waals surface area contributed by atoms with Crippen molar-refractivity contribution in [2.75, 3.05) is 4.90 Å². The Morgan fingerprint density at radius 2 is 1.63 bits per heavy atom. The van der Waals surface area contributed by atoms with Crippen LogP contribution in [0.15, 0.2) is 6.07 Å². The van der Waals surface area contributed by atoms with Crippen LogP contribution in [0, 0.1) is 35.0 Å². The van der Waals surface area contributed by atoms with Gasteiger partial charge in [-0.2, -0.15) is 0 Å². The number of aromatic carboxylic acids is 1. The van der Waals surface area contributed by atoms with Crippen molar-refractivity contribution in [2.24, 2.45) is 23.2 Å². The molecule has 2 fully saturated rings. The molecular formula is C36H54N2O7S. The standard InChI is InChI=1S/C36H54N2O7S/c1-10-23(3)29(37-34(43)45-36(7,8)9)33(42)44-26-17-15-25(16-18-26)38(31(39)24-13-11-22(2)12-14-24)28-21-27(19-20-35(4,5)6)46-30(28)32(40)41/h21-26,29H,10-18H2,1-9H3,(H,37,43)(H,40,41)/t22-,23-,24-,25-,26-,29-/m0/s1. The van der Waals surface area contributed by atoms with Gasteiger partial charge in [0.15, 0.2) is 0 Å². The van der Waals surface area contributed by atoms with E-state index in [1.807, 2.05) is 34.6 Å². The number of anilines is 1. The van der Waals surface area contributed by atoms with Gasteiger partial charge in [-0.25, -0.2) is 14.4 Å². The van der Waals surface area contributed by atoms with Gasteiger partial charge in [0, 0.05) is 17.4 Å². The molecule has 9 nitrogen and oxygen atoms in total. The van der Waals surface area contributed by atoms with Crippen LogP contribution in [-0.2, 0) is 19.1 Å². The molecule has 2 aliphatic rings. The van der Waals surface area contributed by atoms with Crippen molar-refractivity contribution in [1.82, 2.24) is 5.32 Å². The van der Waals surface area contributed by atoms with Gasteiger partial charge < -0.3 is 24.8 Å². The highest BCUT2D eigenvalue weighted by Crippen LogP contribution is 2.39. The first kappa shape index (κ1) is 37.4. The fraction of sp³-hybridized carbons (Fsp3) is 0.722. The van der Waals surface area contributed by atoms with E-state index >= 15 is 0 Å². The van der Waals surface area contributed by atoms with Crippen LogP contribution >= 0.6 is 11.3 Å². The monoisotopic (exact) mass is 658 g/mol. The molecule has 2 amide bonds. The molecule has 0 spiro atoms. The van der Waals surface area contributed by atoms with E-state index in [4.69, 9.17) is 9.47 Å². The number of hydrogen-bond acceptors (Lipinski definition) is 7. The van der Waals surface area contributed by atoms with E-state index in [9.17, 15) is 24.3 Å². The van der Waals surface area contributed by atoms with Crippen LogP contribution in [0.3, 0.4) is 0 Å². The van der Waals surface area contributed by atoms with Gasteiger partial charge in [0.25, 0.3) is 0 Å². The minimum absolute atomic E-state index is 0.0265. The van der Waals surface area contributed by atoms with Crippen molar-refractivity contribution in [2.45, 2.75) is 144 Å². The number of ether oxygens (including phenoxy) is 2. The summed E-state index contributed by atoms with van der Waals surface area (Å²) in [5.41, 5.74) is -0.541. The van der Waals surface area contributed by atoms with Gasteiger partial charge in [-0.15, -0.1) is 11.3 Å². The van der Waals surface area contributed by atoms with E-state index in [0.29, 0.717) is 48.6 Å². The molecule has 256 valence electrons. The quantitative estimate of drug-likeness (QED) is 0.205. The first-order valence-electron chi connectivity index (χ1n) is 16.8. The predicted octanol–water partition coefficient (Wildman–Crippen LogP) is 7.80. The lowest BCUT2D eigenvalue weighted by atomic mass is 9.81. The third kappa shape index (κ3) is 10.8. The lowest BCUT2D eigenvalue weighted by Gasteiger charge is -2.39. The zero-order valence-electron chi connectivity index (χ0n) is 29.2. The minimum atomic E-state index is -1.07. The van der Waals surface area contributed by atoms with E-state index in [0.717, 1.165) is 37.0 Å². The van der Waals surface area contributed by atoms with Crippen LogP contribution < -0.4 is 10.2 Å². The number of carbonyl (C=O) groups excluding carboxylic acids is 3. The Balaban J connectivity index is 1.82. The van der Waals surface area contributed by atoms with E-state index in [1.54, 1.807) is 31.7 Å². The summed E-state index contributed by atoms with van der Waals surface area (Å²) < 4.78 is 11.3. The number of amides is 2. The van der Waals surface area contributed by atoms with Crippen LogP contribution in [0.25, 0.3) is 0 Å². The molecule has 3 rings (SSSR count). The van der Waals surface area contributed by atoms with Crippen molar-refractivity contribution >= 4 is 41.0 Å². The summed E-state index contributed by atoms with van der Waals surface area (Å²) in [6, 6.07) is 0.686. The fourth-order valence-corrected chi connectivity index (χ4v) is 6.83. The third-order valence-corrected chi connectivity index (χ3v) is 9.79. The summed E-state index contributed by atoms with van der Waals surface area (Å²) in [6.45, 7) is 17.3. The van der Waals surface area contributed by atoms with E-state index in [2.05, 4.69) is 24.1 Å². The number of hydrogen-bond donors (Lipinski definition) is 2. The lowest BCUT2D eigenvalue weighted by molar-refractivity contribution is -0.154. The molecule has 2 N–H and O–H groups in total. The summed E-state index contributed by atoms with van der Waals surface area (Å²) in [4.78, 5) is 55.0. The zero-order chi connectivity index (χ0) is 34.4. The van der Waals surface area contributed by atoms with Crippen molar-refractivity contribution in [1.29, 1.82) is 0 Å². The molecule has 0 bridgehead atoms. The number of alkyl carbamates (subject to hydrolysis) is 1. The molecule has 0 aliphatic heterocycles. The van der Waals surface area contributed by atoms with Crippen molar-refractivity contribution < 1.29 is 33.8 Å². The maximum atomic E-state index is 14.2. The number of carbonyl (C=O) groups is 4. The molecule has 0 radical (unpaired) electrons. The van der Waals surface area contributed by atoms with Gasteiger partial charge in [-0.3, -0.25) is 4.79 Å². The minimum Gasteiger partial charge on any atom is -0.477 e.